The topological polar surface area (TPSA) is 26.3 Å². The maximum absolute atomic E-state index is 12.6. The smallest absolute Gasteiger partial charge is 0.314 e. The highest BCUT2D eigenvalue weighted by Crippen LogP contribution is 2.64. The second kappa shape index (κ2) is 4.72. The van der Waals surface area contributed by atoms with Crippen LogP contribution in [0, 0.1) is 23.7 Å². The van der Waals surface area contributed by atoms with Gasteiger partial charge in [-0.05, 0) is 42.2 Å². The molecule has 1 aliphatic heterocycles. The van der Waals surface area contributed by atoms with Gasteiger partial charge in [0.05, 0.1) is 5.92 Å². The van der Waals surface area contributed by atoms with Crippen molar-refractivity contribution in [3.05, 3.63) is 47.0 Å². The minimum absolute atomic E-state index is 0.0359. The first kappa shape index (κ1) is 15.0. The summed E-state index contributed by atoms with van der Waals surface area (Å²) >= 11 is 0. The van der Waals surface area contributed by atoms with Crippen LogP contribution in [0.4, 0.5) is 0 Å². The third-order valence-electron chi connectivity index (χ3n) is 6.56. The van der Waals surface area contributed by atoms with Gasteiger partial charge in [0.2, 0.25) is 0 Å². The number of carbonyl (C=O) groups is 1. The third kappa shape index (κ3) is 2.03. The van der Waals surface area contributed by atoms with Crippen LogP contribution in [-0.4, -0.2) is 12.1 Å². The Bertz CT molecular complexity index is 682. The molecule has 1 aromatic carbocycles. The molecular formula is C21H26O2. The Kier molecular flexibility index (Phi) is 3.07. The van der Waals surface area contributed by atoms with Crippen molar-refractivity contribution in [2.45, 2.75) is 59.0 Å². The maximum Gasteiger partial charge on any atom is 0.314 e. The number of hydrogen-bond donors (Lipinski definition) is 0. The maximum atomic E-state index is 12.6. The van der Waals surface area contributed by atoms with E-state index in [2.05, 4.69) is 58.0 Å². The van der Waals surface area contributed by atoms with Crippen LogP contribution in [0.5, 0.6) is 0 Å². The molecule has 0 aromatic heterocycles. The molecule has 0 N–H and O–H groups in total. The fourth-order valence-corrected chi connectivity index (χ4v) is 5.47. The zero-order valence-corrected chi connectivity index (χ0v) is 14.6. The molecule has 122 valence electrons. The van der Waals surface area contributed by atoms with Gasteiger partial charge in [-0.15, -0.1) is 0 Å². The number of fused-ring (bicyclic) bond motifs is 3. The quantitative estimate of drug-likeness (QED) is 0.551. The molecular weight excluding hydrogens is 284 g/mol. The van der Waals surface area contributed by atoms with Crippen LogP contribution in [-0.2, 0) is 9.53 Å². The van der Waals surface area contributed by atoms with Crippen molar-refractivity contribution < 1.29 is 9.53 Å². The van der Waals surface area contributed by atoms with Crippen molar-refractivity contribution in [1.82, 2.24) is 0 Å². The normalized spacial score (nSPS) is 37.8. The summed E-state index contributed by atoms with van der Waals surface area (Å²) in [4.78, 5) is 12.6. The van der Waals surface area contributed by atoms with Gasteiger partial charge < -0.3 is 4.74 Å². The summed E-state index contributed by atoms with van der Waals surface area (Å²) in [5, 5.41) is 0. The van der Waals surface area contributed by atoms with E-state index in [1.807, 2.05) is 0 Å². The number of ether oxygens (including phenoxy) is 1. The number of hydrogen-bond acceptors (Lipinski definition) is 2. The summed E-state index contributed by atoms with van der Waals surface area (Å²) in [7, 11) is 0. The summed E-state index contributed by atoms with van der Waals surface area (Å²) < 4.78 is 5.82. The van der Waals surface area contributed by atoms with Crippen LogP contribution in [0.3, 0.4) is 0 Å². The van der Waals surface area contributed by atoms with Gasteiger partial charge in [0.25, 0.3) is 0 Å². The van der Waals surface area contributed by atoms with Gasteiger partial charge in [-0.2, -0.15) is 0 Å². The summed E-state index contributed by atoms with van der Waals surface area (Å²) in [6.07, 6.45) is 5.89. The molecule has 2 fully saturated rings. The minimum Gasteiger partial charge on any atom is -0.457 e. The first-order valence-electron chi connectivity index (χ1n) is 8.83. The van der Waals surface area contributed by atoms with E-state index in [0.29, 0.717) is 0 Å². The van der Waals surface area contributed by atoms with Gasteiger partial charge in [-0.1, -0.05) is 62.6 Å². The number of rotatable bonds is 1. The second-order valence-corrected chi connectivity index (χ2v) is 8.55. The summed E-state index contributed by atoms with van der Waals surface area (Å²) in [6.45, 7) is 9.15. The predicted octanol–water partition coefficient (Wildman–Crippen LogP) is 4.78. The summed E-state index contributed by atoms with van der Waals surface area (Å²) in [6, 6.07) is 8.43. The van der Waals surface area contributed by atoms with Crippen molar-refractivity contribution in [1.29, 1.82) is 0 Å². The molecule has 0 radical (unpaired) electrons. The number of allylic oxidation sites excluding steroid dienone is 1. The molecule has 2 aliphatic carbocycles. The third-order valence-corrected chi connectivity index (χ3v) is 6.56. The lowest BCUT2D eigenvalue weighted by atomic mass is 9.56. The van der Waals surface area contributed by atoms with Crippen molar-refractivity contribution in [2.75, 3.05) is 0 Å². The van der Waals surface area contributed by atoms with E-state index in [1.54, 1.807) is 0 Å². The Morgan fingerprint density at radius 2 is 1.78 bits per heavy atom. The number of esters is 1. The van der Waals surface area contributed by atoms with Crippen LogP contribution in [0.25, 0.3) is 0 Å². The van der Waals surface area contributed by atoms with Crippen molar-refractivity contribution >= 4 is 5.97 Å². The van der Waals surface area contributed by atoms with Crippen molar-refractivity contribution in [3.63, 3.8) is 0 Å². The molecule has 1 heterocycles. The van der Waals surface area contributed by atoms with Gasteiger partial charge in [0, 0.05) is 5.92 Å². The Labute approximate surface area is 138 Å². The van der Waals surface area contributed by atoms with Crippen LogP contribution < -0.4 is 0 Å². The standard InChI is InChI=1S/C21H26O2/c1-13-6-8-14(9-7-13)17-18-15(23-19(17)22)12-16-20(2,3)10-5-11-21(16,18)4/h6-9,12,15,17-18H,5,10-11H2,1-4H3/t15-,17-,18+,21+/m1/s1. The van der Waals surface area contributed by atoms with E-state index in [-0.39, 0.29) is 34.7 Å². The van der Waals surface area contributed by atoms with Gasteiger partial charge in [-0.25, -0.2) is 0 Å². The molecule has 2 nitrogen and oxygen atoms in total. The average Bonchev–Trinajstić information content (AvgIpc) is 2.95. The summed E-state index contributed by atoms with van der Waals surface area (Å²) in [5.74, 6) is 0.101. The van der Waals surface area contributed by atoms with Crippen LogP contribution in [0.2, 0.25) is 0 Å². The predicted molar refractivity (Wildman–Crippen MR) is 91.1 cm³/mol. The van der Waals surface area contributed by atoms with Crippen LogP contribution in [0.15, 0.2) is 35.9 Å². The lowest BCUT2D eigenvalue weighted by molar-refractivity contribution is -0.141. The van der Waals surface area contributed by atoms with Gasteiger partial charge >= 0.3 is 5.97 Å². The summed E-state index contributed by atoms with van der Waals surface area (Å²) in [5.41, 5.74) is 4.19. The minimum atomic E-state index is -0.117. The molecule has 0 unspecified atom stereocenters. The number of benzene rings is 1. The number of carbonyl (C=O) groups excluding carboxylic acids is 1. The molecule has 23 heavy (non-hydrogen) atoms. The molecule has 0 spiro atoms. The fraction of sp³-hybridized carbons (Fsp3) is 0.571. The van der Waals surface area contributed by atoms with Gasteiger partial charge in [0.1, 0.15) is 6.10 Å². The van der Waals surface area contributed by atoms with Gasteiger partial charge in [0.15, 0.2) is 0 Å². The molecule has 3 aliphatic rings. The SMILES string of the molecule is Cc1ccc([C@H]2C(=O)O[C@@H]3C=C4C(C)(C)CCC[C@]4(C)[C@H]23)cc1. The lowest BCUT2D eigenvalue weighted by Crippen LogP contribution is -2.39. The van der Waals surface area contributed by atoms with Crippen LogP contribution >= 0.6 is 0 Å². The Balaban J connectivity index is 1.78. The van der Waals surface area contributed by atoms with Crippen molar-refractivity contribution in [2.24, 2.45) is 16.7 Å². The Morgan fingerprint density at radius 1 is 1.09 bits per heavy atom. The van der Waals surface area contributed by atoms with Gasteiger partial charge in [-0.3, -0.25) is 4.79 Å². The van der Waals surface area contributed by atoms with E-state index in [9.17, 15) is 4.79 Å². The Morgan fingerprint density at radius 3 is 2.48 bits per heavy atom. The van der Waals surface area contributed by atoms with E-state index in [1.165, 1.54) is 30.4 Å². The highest BCUT2D eigenvalue weighted by atomic mass is 16.6. The molecule has 2 heteroatoms. The van der Waals surface area contributed by atoms with Crippen LogP contribution in [0.1, 0.15) is 57.1 Å². The molecule has 4 atom stereocenters. The van der Waals surface area contributed by atoms with E-state index in [0.717, 1.165) is 5.56 Å². The van der Waals surface area contributed by atoms with E-state index >= 15 is 0 Å². The first-order valence-corrected chi connectivity index (χ1v) is 8.83. The van der Waals surface area contributed by atoms with Crippen molar-refractivity contribution in [3.8, 4) is 0 Å². The average molecular weight is 310 g/mol. The monoisotopic (exact) mass is 310 g/mol. The zero-order valence-electron chi connectivity index (χ0n) is 14.6. The molecule has 0 amide bonds. The van der Waals surface area contributed by atoms with E-state index < -0.39 is 0 Å². The zero-order chi connectivity index (χ0) is 16.4. The largest absolute Gasteiger partial charge is 0.457 e. The van der Waals surface area contributed by atoms with E-state index in [4.69, 9.17) is 4.74 Å². The molecule has 0 bridgehead atoms. The molecule has 4 rings (SSSR count). The number of aryl methyl sites for hydroxylation is 1. The second-order valence-electron chi connectivity index (χ2n) is 8.55. The highest BCUT2D eigenvalue weighted by Gasteiger charge is 2.61. The Hall–Kier alpha value is -1.57. The molecule has 1 saturated heterocycles. The fourth-order valence-electron chi connectivity index (χ4n) is 5.47. The lowest BCUT2D eigenvalue weighted by Gasteiger charge is -2.46. The highest BCUT2D eigenvalue weighted by molar-refractivity contribution is 5.82. The first-order chi connectivity index (χ1) is 10.8. The molecule has 1 aromatic rings. The molecule has 1 saturated carbocycles.